The molecule has 0 amide bonds. The molecule has 8 heteroatoms. The van der Waals surface area contributed by atoms with Crippen LogP contribution in [0.5, 0.6) is 0 Å². The number of ketones is 3. The monoisotopic (exact) mass is 558 g/mol. The van der Waals surface area contributed by atoms with E-state index in [1.54, 1.807) is 13.8 Å². The van der Waals surface area contributed by atoms with Crippen LogP contribution in [0.25, 0.3) is 0 Å². The molecule has 0 aliphatic heterocycles. The van der Waals surface area contributed by atoms with Gasteiger partial charge in [-0.2, -0.15) is 0 Å². The summed E-state index contributed by atoms with van der Waals surface area (Å²) < 4.78 is 5.23. The summed E-state index contributed by atoms with van der Waals surface area (Å²) in [6.45, 7) is 15.4. The van der Waals surface area contributed by atoms with E-state index in [-0.39, 0.29) is 36.2 Å². The van der Waals surface area contributed by atoms with Crippen LogP contribution < -0.4 is 0 Å². The van der Waals surface area contributed by atoms with Gasteiger partial charge in [0, 0.05) is 30.1 Å². The number of hydrogen-bond donors (Lipinski definition) is 3. The quantitative estimate of drug-likeness (QED) is 0.265. The Kier molecular flexibility index (Phi) is 7.06. The van der Waals surface area contributed by atoms with Crippen LogP contribution in [-0.2, 0) is 23.9 Å². The molecule has 0 aromatic carbocycles. The van der Waals surface area contributed by atoms with Crippen molar-refractivity contribution in [2.24, 2.45) is 39.4 Å². The molecule has 4 aliphatic rings. The van der Waals surface area contributed by atoms with Crippen molar-refractivity contribution in [1.82, 2.24) is 0 Å². The van der Waals surface area contributed by atoms with Gasteiger partial charge in [0.2, 0.25) is 0 Å². The first-order chi connectivity index (χ1) is 18.1. The summed E-state index contributed by atoms with van der Waals surface area (Å²) in [6, 6.07) is 0. The lowest BCUT2D eigenvalue weighted by Gasteiger charge is -2.64. The van der Waals surface area contributed by atoms with Gasteiger partial charge in [0.1, 0.15) is 23.1 Å². The van der Waals surface area contributed by atoms with E-state index >= 15 is 0 Å². The maximum atomic E-state index is 14.3. The summed E-state index contributed by atoms with van der Waals surface area (Å²) in [5.41, 5.74) is -5.43. The Labute approximate surface area is 237 Å². The summed E-state index contributed by atoms with van der Waals surface area (Å²) in [5, 5.41) is 34.0. The van der Waals surface area contributed by atoms with Gasteiger partial charge in [0.05, 0.1) is 6.10 Å². The molecule has 9 atom stereocenters. The van der Waals surface area contributed by atoms with Gasteiger partial charge in [-0.15, -0.1) is 0 Å². The number of ether oxygens (including phenoxy) is 1. The standard InChI is InChI=1S/C32H46O8/c1-17(33)40-27(2,3)13-12-23(36)32(9,39)25-21(35)15-29(6)22-11-10-18-19(14-20(34)26(38)28(18,4)5)31(22,8)24(37)16-30(25,29)7/h10,12-13,19-22,25,34-35,39H,11,14-16H2,1-9H3/b13-12-/t19-,20-,21+,22-,25-,29-,30+,31-,32-/m0/s1. The molecular formula is C32H46O8. The molecule has 0 radical (unpaired) electrons. The van der Waals surface area contributed by atoms with Gasteiger partial charge in [-0.25, -0.2) is 0 Å². The third-order valence-electron chi connectivity index (χ3n) is 11.5. The number of allylic oxidation sites excluding steroid dienone is 2. The number of carbonyl (C=O) groups is 4. The number of rotatable bonds is 5. The SMILES string of the molecule is CC(=O)OC(C)(C)/C=C\C(=O)[C@](C)(O)[C@H]1[C@H](O)C[C@@]2(C)[C@@H]3CC=C4[C@H](C[C@H](O)C(=O)C4(C)C)[C@]3(C)C(=O)C[C@]12C. The molecule has 0 aromatic heterocycles. The van der Waals surface area contributed by atoms with Crippen LogP contribution >= 0.6 is 0 Å². The van der Waals surface area contributed by atoms with E-state index in [9.17, 15) is 34.5 Å². The fraction of sp³-hybridized carbons (Fsp3) is 0.750. The minimum atomic E-state index is -1.99. The fourth-order valence-corrected chi connectivity index (χ4v) is 9.40. The largest absolute Gasteiger partial charge is 0.456 e. The molecule has 3 fully saturated rings. The molecule has 0 unspecified atom stereocenters. The van der Waals surface area contributed by atoms with Gasteiger partial charge >= 0.3 is 5.97 Å². The van der Waals surface area contributed by atoms with Gasteiger partial charge in [-0.1, -0.05) is 32.4 Å². The summed E-state index contributed by atoms with van der Waals surface area (Å²) in [5.74, 6) is -2.85. The molecule has 3 N–H and O–H groups in total. The zero-order chi connectivity index (χ0) is 30.4. The Morgan fingerprint density at radius 1 is 1.05 bits per heavy atom. The average molecular weight is 559 g/mol. The number of fused-ring (bicyclic) bond motifs is 5. The lowest BCUT2D eigenvalue weighted by atomic mass is 9.38. The number of hydrogen-bond acceptors (Lipinski definition) is 8. The molecular weight excluding hydrogens is 512 g/mol. The van der Waals surface area contributed by atoms with Crippen molar-refractivity contribution in [3.05, 3.63) is 23.8 Å². The number of aliphatic hydroxyl groups is 3. The summed E-state index contributed by atoms with van der Waals surface area (Å²) in [7, 11) is 0. The topological polar surface area (TPSA) is 138 Å². The lowest BCUT2D eigenvalue weighted by Crippen LogP contribution is -2.65. The van der Waals surface area contributed by atoms with Gasteiger partial charge in [-0.05, 0) is 88.7 Å². The normalized spacial score (nSPS) is 42.4. The Morgan fingerprint density at radius 2 is 1.65 bits per heavy atom. The zero-order valence-electron chi connectivity index (χ0n) is 25.3. The predicted octanol–water partition coefficient (Wildman–Crippen LogP) is 3.50. The minimum Gasteiger partial charge on any atom is -0.456 e. The summed E-state index contributed by atoms with van der Waals surface area (Å²) >= 11 is 0. The molecule has 0 spiro atoms. The van der Waals surface area contributed by atoms with E-state index in [0.29, 0.717) is 12.8 Å². The van der Waals surface area contributed by atoms with Crippen LogP contribution in [0, 0.1) is 39.4 Å². The first-order valence-electron chi connectivity index (χ1n) is 14.4. The molecule has 4 rings (SSSR count). The van der Waals surface area contributed by atoms with E-state index in [1.165, 1.54) is 26.0 Å². The van der Waals surface area contributed by atoms with E-state index in [4.69, 9.17) is 4.74 Å². The molecule has 0 aromatic rings. The van der Waals surface area contributed by atoms with Crippen LogP contribution in [-0.4, -0.2) is 62.0 Å². The first-order valence-corrected chi connectivity index (χ1v) is 14.4. The molecule has 0 bridgehead atoms. The zero-order valence-corrected chi connectivity index (χ0v) is 25.3. The highest BCUT2D eigenvalue weighted by Crippen LogP contribution is 2.74. The van der Waals surface area contributed by atoms with Crippen molar-refractivity contribution in [1.29, 1.82) is 0 Å². The Balaban J connectivity index is 1.75. The second kappa shape index (κ2) is 9.17. The highest BCUT2D eigenvalue weighted by Gasteiger charge is 2.74. The van der Waals surface area contributed by atoms with Gasteiger partial charge in [0.15, 0.2) is 11.6 Å². The van der Waals surface area contributed by atoms with Crippen molar-refractivity contribution in [3.8, 4) is 0 Å². The molecule has 40 heavy (non-hydrogen) atoms. The van der Waals surface area contributed by atoms with Gasteiger partial charge in [0.25, 0.3) is 0 Å². The average Bonchev–Trinajstić information content (AvgIpc) is 3.01. The lowest BCUT2D eigenvalue weighted by molar-refractivity contribution is -0.183. The number of Topliss-reactive ketones (excluding diaryl/α,β-unsaturated/α-hetero) is 2. The molecule has 3 saturated carbocycles. The Morgan fingerprint density at radius 3 is 2.23 bits per heavy atom. The summed E-state index contributed by atoms with van der Waals surface area (Å²) in [4.78, 5) is 52.1. The number of esters is 1. The van der Waals surface area contributed by atoms with E-state index in [0.717, 1.165) is 5.57 Å². The van der Waals surface area contributed by atoms with E-state index in [2.05, 4.69) is 13.0 Å². The van der Waals surface area contributed by atoms with Crippen LogP contribution in [0.1, 0.15) is 88.0 Å². The third kappa shape index (κ3) is 4.11. The van der Waals surface area contributed by atoms with Crippen LogP contribution in [0.3, 0.4) is 0 Å². The van der Waals surface area contributed by atoms with Crippen LogP contribution in [0.2, 0.25) is 0 Å². The smallest absolute Gasteiger partial charge is 0.303 e. The molecule has 0 heterocycles. The predicted molar refractivity (Wildman–Crippen MR) is 148 cm³/mol. The van der Waals surface area contributed by atoms with Gasteiger partial charge in [-0.3, -0.25) is 19.2 Å². The van der Waals surface area contributed by atoms with E-state index in [1.807, 2.05) is 27.7 Å². The maximum Gasteiger partial charge on any atom is 0.303 e. The molecule has 222 valence electrons. The second-order valence-corrected chi connectivity index (χ2v) is 14.8. The highest BCUT2D eigenvalue weighted by atomic mass is 16.6. The van der Waals surface area contributed by atoms with Crippen LogP contribution in [0.15, 0.2) is 23.8 Å². The fourth-order valence-electron chi connectivity index (χ4n) is 9.40. The first kappa shape index (κ1) is 30.8. The maximum absolute atomic E-state index is 14.3. The van der Waals surface area contributed by atoms with Crippen LogP contribution in [0.4, 0.5) is 0 Å². The van der Waals surface area contributed by atoms with Gasteiger partial charge < -0.3 is 20.1 Å². The van der Waals surface area contributed by atoms with Crippen molar-refractivity contribution >= 4 is 23.3 Å². The number of aliphatic hydroxyl groups excluding tert-OH is 2. The molecule has 0 saturated heterocycles. The molecule has 4 aliphatic carbocycles. The Hall–Kier alpha value is -2.16. The van der Waals surface area contributed by atoms with Crippen molar-refractivity contribution in [3.63, 3.8) is 0 Å². The van der Waals surface area contributed by atoms with Crippen molar-refractivity contribution in [2.45, 2.75) is 111 Å². The van der Waals surface area contributed by atoms with E-state index < -0.39 is 62.7 Å². The highest BCUT2D eigenvalue weighted by molar-refractivity contribution is 5.98. The second-order valence-electron chi connectivity index (χ2n) is 14.8. The van der Waals surface area contributed by atoms with Crippen molar-refractivity contribution < 1.29 is 39.2 Å². The minimum absolute atomic E-state index is 0.0284. The summed E-state index contributed by atoms with van der Waals surface area (Å²) in [6.07, 6.45) is 3.55. The third-order valence-corrected chi connectivity index (χ3v) is 11.5. The van der Waals surface area contributed by atoms with Crippen molar-refractivity contribution in [2.75, 3.05) is 0 Å². The Bertz CT molecular complexity index is 1210. The molecule has 8 nitrogen and oxygen atoms in total. The number of carbonyl (C=O) groups excluding carboxylic acids is 4.